The maximum atomic E-state index is 5.59. The van der Waals surface area contributed by atoms with Crippen molar-refractivity contribution in [3.8, 4) is 0 Å². The molecule has 0 aromatic rings. The Kier molecular flexibility index (Phi) is 4.62. The highest BCUT2D eigenvalue weighted by molar-refractivity contribution is 4.80. The Morgan fingerprint density at radius 2 is 2.25 bits per heavy atom. The van der Waals surface area contributed by atoms with E-state index in [9.17, 15) is 0 Å². The third-order valence-corrected chi connectivity index (χ3v) is 3.88. The molecule has 0 spiro atoms. The largest absolute Gasteiger partial charge is 0.377 e. The fraction of sp³-hybridized carbons (Fsp3) is 1.00. The zero-order valence-electron chi connectivity index (χ0n) is 10.7. The lowest BCUT2D eigenvalue weighted by molar-refractivity contribution is 0.109. The van der Waals surface area contributed by atoms with Crippen molar-refractivity contribution >= 4 is 0 Å². The molecule has 2 heterocycles. The maximum Gasteiger partial charge on any atom is 0.0700 e. The summed E-state index contributed by atoms with van der Waals surface area (Å²) < 4.78 is 5.59. The summed E-state index contributed by atoms with van der Waals surface area (Å²) in [7, 11) is 0. The number of hydrogen-bond donors (Lipinski definition) is 1. The second-order valence-corrected chi connectivity index (χ2v) is 5.52. The highest BCUT2D eigenvalue weighted by Gasteiger charge is 2.25. The third-order valence-electron chi connectivity index (χ3n) is 3.88. The van der Waals surface area contributed by atoms with E-state index in [0.717, 1.165) is 31.7 Å². The van der Waals surface area contributed by atoms with E-state index in [1.54, 1.807) is 0 Å². The Hall–Kier alpha value is -0.120. The molecule has 0 aliphatic carbocycles. The molecule has 0 aromatic carbocycles. The van der Waals surface area contributed by atoms with Crippen LogP contribution in [0.4, 0.5) is 0 Å². The van der Waals surface area contributed by atoms with Crippen LogP contribution in [0.1, 0.15) is 33.1 Å². The van der Waals surface area contributed by atoms with Crippen LogP contribution in [0.3, 0.4) is 0 Å². The summed E-state index contributed by atoms with van der Waals surface area (Å²) in [6, 6.07) is 0.777. The smallest absolute Gasteiger partial charge is 0.0700 e. The van der Waals surface area contributed by atoms with Crippen LogP contribution in [0, 0.1) is 5.92 Å². The minimum atomic E-state index is 0.481. The molecule has 0 bridgehead atoms. The van der Waals surface area contributed by atoms with Gasteiger partial charge in [-0.3, -0.25) is 4.90 Å². The number of nitrogens with zero attached hydrogens (tertiary/aromatic N) is 1. The molecule has 0 radical (unpaired) electrons. The van der Waals surface area contributed by atoms with Gasteiger partial charge in [-0.25, -0.2) is 0 Å². The van der Waals surface area contributed by atoms with E-state index in [1.807, 2.05) is 0 Å². The first-order chi connectivity index (χ1) is 7.75. The van der Waals surface area contributed by atoms with Gasteiger partial charge in [-0.1, -0.05) is 6.92 Å². The first-order valence-electron chi connectivity index (χ1n) is 6.82. The molecular formula is C13H26N2O. The minimum absolute atomic E-state index is 0.481. The lowest BCUT2D eigenvalue weighted by atomic mass is 10.1. The molecular weight excluding hydrogens is 200 g/mol. The van der Waals surface area contributed by atoms with Crippen molar-refractivity contribution in [3.63, 3.8) is 0 Å². The number of ether oxygens (including phenoxy) is 1. The first kappa shape index (κ1) is 12.3. The molecule has 0 saturated carbocycles. The predicted octanol–water partition coefficient (Wildman–Crippen LogP) is 1.49. The molecule has 16 heavy (non-hydrogen) atoms. The average Bonchev–Trinajstić information content (AvgIpc) is 2.84. The van der Waals surface area contributed by atoms with Gasteiger partial charge in [0.1, 0.15) is 0 Å². The Morgan fingerprint density at radius 3 is 2.88 bits per heavy atom. The van der Waals surface area contributed by atoms with Crippen molar-refractivity contribution in [3.05, 3.63) is 0 Å². The average molecular weight is 226 g/mol. The lowest BCUT2D eigenvalue weighted by Crippen LogP contribution is -2.36. The molecule has 3 unspecified atom stereocenters. The molecule has 2 saturated heterocycles. The predicted molar refractivity (Wildman–Crippen MR) is 66.7 cm³/mol. The van der Waals surface area contributed by atoms with Crippen molar-refractivity contribution in [1.82, 2.24) is 10.2 Å². The standard InChI is InChI=1S/C13H26N2O/c1-11-8-12(2)15(10-11)6-5-14-9-13-4-3-7-16-13/h11-14H,3-10H2,1-2H3. The van der Waals surface area contributed by atoms with Gasteiger partial charge < -0.3 is 10.1 Å². The lowest BCUT2D eigenvalue weighted by Gasteiger charge is -2.21. The van der Waals surface area contributed by atoms with E-state index in [0.29, 0.717) is 6.10 Å². The number of rotatable bonds is 5. The molecule has 94 valence electrons. The number of likely N-dealkylation sites (tertiary alicyclic amines) is 1. The molecule has 3 nitrogen and oxygen atoms in total. The van der Waals surface area contributed by atoms with Crippen LogP contribution in [-0.4, -0.2) is 49.8 Å². The Morgan fingerprint density at radius 1 is 1.38 bits per heavy atom. The van der Waals surface area contributed by atoms with Crippen LogP contribution in [0.25, 0.3) is 0 Å². The first-order valence-corrected chi connectivity index (χ1v) is 6.82. The summed E-state index contributed by atoms with van der Waals surface area (Å²) in [5, 5.41) is 3.52. The van der Waals surface area contributed by atoms with Crippen molar-refractivity contribution in [1.29, 1.82) is 0 Å². The number of hydrogen-bond acceptors (Lipinski definition) is 3. The van der Waals surface area contributed by atoms with E-state index in [4.69, 9.17) is 4.74 Å². The Balaban J connectivity index is 1.54. The quantitative estimate of drug-likeness (QED) is 0.719. The second kappa shape index (κ2) is 5.99. The third kappa shape index (κ3) is 3.44. The SMILES string of the molecule is CC1CC(C)N(CCNCC2CCCO2)C1. The van der Waals surface area contributed by atoms with Crippen LogP contribution >= 0.6 is 0 Å². The highest BCUT2D eigenvalue weighted by Crippen LogP contribution is 2.21. The van der Waals surface area contributed by atoms with Gasteiger partial charge >= 0.3 is 0 Å². The maximum absolute atomic E-state index is 5.59. The van der Waals surface area contributed by atoms with Gasteiger partial charge in [0.05, 0.1) is 6.10 Å². The summed E-state index contributed by atoms with van der Waals surface area (Å²) in [6.45, 7) is 10.3. The van der Waals surface area contributed by atoms with Gasteiger partial charge in [0.2, 0.25) is 0 Å². The molecule has 1 N–H and O–H groups in total. The fourth-order valence-corrected chi connectivity index (χ4v) is 2.99. The Labute approximate surface area is 99.5 Å². The van der Waals surface area contributed by atoms with Crippen LogP contribution < -0.4 is 5.32 Å². The van der Waals surface area contributed by atoms with Crippen LogP contribution in [0.5, 0.6) is 0 Å². The van der Waals surface area contributed by atoms with Crippen molar-refractivity contribution in [2.75, 3.05) is 32.8 Å². The molecule has 2 aliphatic heterocycles. The monoisotopic (exact) mass is 226 g/mol. The fourth-order valence-electron chi connectivity index (χ4n) is 2.99. The van der Waals surface area contributed by atoms with Crippen molar-refractivity contribution < 1.29 is 4.74 Å². The van der Waals surface area contributed by atoms with Gasteiger partial charge in [-0.2, -0.15) is 0 Å². The van der Waals surface area contributed by atoms with E-state index in [1.165, 1.54) is 32.4 Å². The normalized spacial score (nSPS) is 36.0. The topological polar surface area (TPSA) is 24.5 Å². The minimum Gasteiger partial charge on any atom is -0.377 e. The summed E-state index contributed by atoms with van der Waals surface area (Å²) in [5.74, 6) is 0.883. The van der Waals surface area contributed by atoms with Gasteiger partial charge in [0.15, 0.2) is 0 Å². The van der Waals surface area contributed by atoms with Gasteiger partial charge in [-0.15, -0.1) is 0 Å². The number of nitrogens with one attached hydrogen (secondary N) is 1. The van der Waals surface area contributed by atoms with E-state index < -0.39 is 0 Å². The summed E-state index contributed by atoms with van der Waals surface area (Å²) >= 11 is 0. The van der Waals surface area contributed by atoms with Crippen LogP contribution in [0.15, 0.2) is 0 Å². The highest BCUT2D eigenvalue weighted by atomic mass is 16.5. The molecule has 2 fully saturated rings. The van der Waals surface area contributed by atoms with Crippen LogP contribution in [-0.2, 0) is 4.74 Å². The molecule has 3 atom stereocenters. The second-order valence-electron chi connectivity index (χ2n) is 5.52. The molecule has 2 rings (SSSR count). The van der Waals surface area contributed by atoms with Gasteiger partial charge in [0.25, 0.3) is 0 Å². The van der Waals surface area contributed by atoms with Crippen molar-refractivity contribution in [2.24, 2.45) is 5.92 Å². The van der Waals surface area contributed by atoms with Gasteiger partial charge in [-0.05, 0) is 32.1 Å². The molecule has 2 aliphatic rings. The zero-order valence-corrected chi connectivity index (χ0v) is 10.7. The molecule has 0 aromatic heterocycles. The molecule has 0 amide bonds. The Bertz CT molecular complexity index is 204. The summed E-state index contributed by atoms with van der Waals surface area (Å²) in [4.78, 5) is 2.60. The van der Waals surface area contributed by atoms with E-state index in [-0.39, 0.29) is 0 Å². The van der Waals surface area contributed by atoms with Crippen LogP contribution in [0.2, 0.25) is 0 Å². The molecule has 3 heteroatoms. The van der Waals surface area contributed by atoms with Gasteiger partial charge in [0, 0.05) is 38.8 Å². The summed E-state index contributed by atoms with van der Waals surface area (Å²) in [5.41, 5.74) is 0. The summed E-state index contributed by atoms with van der Waals surface area (Å²) in [6.07, 6.45) is 4.33. The van der Waals surface area contributed by atoms with E-state index >= 15 is 0 Å². The van der Waals surface area contributed by atoms with E-state index in [2.05, 4.69) is 24.1 Å². The van der Waals surface area contributed by atoms with Crippen molar-refractivity contribution in [2.45, 2.75) is 45.3 Å². The zero-order chi connectivity index (χ0) is 11.4.